The summed E-state index contributed by atoms with van der Waals surface area (Å²) in [6.45, 7) is 2.26. The van der Waals surface area contributed by atoms with Gasteiger partial charge in [-0.1, -0.05) is 0 Å². The number of hydrogen-bond acceptors (Lipinski definition) is 0. The summed E-state index contributed by atoms with van der Waals surface area (Å²) in [5, 5.41) is 0. The van der Waals surface area contributed by atoms with Crippen LogP contribution in [0.5, 0.6) is 0 Å². The molecule has 1 aliphatic carbocycles. The van der Waals surface area contributed by atoms with Crippen LogP contribution in [-0.4, -0.2) is 0 Å². The van der Waals surface area contributed by atoms with Gasteiger partial charge in [-0.25, -0.2) is 0 Å². The van der Waals surface area contributed by atoms with E-state index in [1.54, 1.807) is 33.6 Å². The molecule has 1 rings (SSSR count). The van der Waals surface area contributed by atoms with Crippen LogP contribution >= 0.6 is 0 Å². The second kappa shape index (κ2) is 5.09. The van der Waals surface area contributed by atoms with Crippen molar-refractivity contribution in [1.82, 2.24) is 0 Å². The van der Waals surface area contributed by atoms with Crippen LogP contribution in [-0.2, 0) is 24.7 Å². The molecule has 0 bridgehead atoms. The maximum atomic E-state index is 2.32. The molecule has 0 radical (unpaired) electrons. The van der Waals surface area contributed by atoms with Crippen molar-refractivity contribution in [2.45, 2.75) is 39.0 Å². The zero-order valence-electron chi connectivity index (χ0n) is 7.19. The molecule has 1 aliphatic rings. The maximum absolute atomic E-state index is 2.32. The first kappa shape index (κ1) is 9.45. The Labute approximate surface area is 84.6 Å². The predicted molar refractivity (Wildman–Crippen MR) is 44.9 cm³/mol. The second-order valence-corrected chi connectivity index (χ2v) is 4.55. The van der Waals surface area contributed by atoms with Crippen molar-refractivity contribution in [3.05, 3.63) is 21.0 Å². The number of hydrogen-bond donors (Lipinski definition) is 0. The summed E-state index contributed by atoms with van der Waals surface area (Å²) in [5.74, 6) is 0. The van der Waals surface area contributed by atoms with Crippen LogP contribution in [0.3, 0.4) is 0 Å². The van der Waals surface area contributed by atoms with Crippen LogP contribution in [0.15, 0.2) is 21.0 Å². The van der Waals surface area contributed by atoms with E-state index in [-0.39, 0.29) is 0 Å². The quantitative estimate of drug-likeness (QED) is 0.645. The molecule has 0 heterocycles. The van der Waals surface area contributed by atoms with Crippen molar-refractivity contribution >= 4 is 0 Å². The number of rotatable bonds is 4. The van der Waals surface area contributed by atoms with Crippen LogP contribution < -0.4 is 0 Å². The standard InChI is InChI=1S/C10H15.Zr/c1-2-3-4-7-10-8-5-6-9-10;/h5,8H,2-4,6-7H2,1H3;. The molecule has 0 nitrogen and oxygen atoms in total. The molecule has 0 N–H and O–H groups in total. The second-order valence-electron chi connectivity index (χ2n) is 3.07. The van der Waals surface area contributed by atoms with Gasteiger partial charge in [0.05, 0.1) is 0 Å². The fraction of sp³-hybridized carbons (Fsp3) is 0.600. The number of unbranched alkanes of at least 4 members (excludes halogenated alkanes) is 2. The minimum atomic E-state index is 1.24. The van der Waals surface area contributed by atoms with E-state index in [1.165, 1.54) is 32.1 Å². The van der Waals surface area contributed by atoms with E-state index in [1.807, 2.05) is 0 Å². The van der Waals surface area contributed by atoms with Crippen molar-refractivity contribution in [3.63, 3.8) is 0 Å². The van der Waals surface area contributed by atoms with Gasteiger partial charge < -0.3 is 0 Å². The predicted octanol–water partition coefficient (Wildman–Crippen LogP) is 3.33. The summed E-state index contributed by atoms with van der Waals surface area (Å²) in [6, 6.07) is 0. The summed E-state index contributed by atoms with van der Waals surface area (Å²) in [7, 11) is 0. The van der Waals surface area contributed by atoms with Crippen LogP contribution in [0.2, 0.25) is 0 Å². The van der Waals surface area contributed by atoms with E-state index < -0.39 is 0 Å². The molecule has 0 atom stereocenters. The first-order chi connectivity index (χ1) is 5.34. The first-order valence-electron chi connectivity index (χ1n) is 4.44. The molecule has 0 aromatic carbocycles. The van der Waals surface area contributed by atoms with E-state index in [4.69, 9.17) is 0 Å². The molecular weight excluding hydrogens is 211 g/mol. The third kappa shape index (κ3) is 3.07. The van der Waals surface area contributed by atoms with Gasteiger partial charge in [0.2, 0.25) is 0 Å². The van der Waals surface area contributed by atoms with Crippen molar-refractivity contribution in [2.24, 2.45) is 0 Å². The fourth-order valence-electron chi connectivity index (χ4n) is 1.35. The van der Waals surface area contributed by atoms with Crippen molar-refractivity contribution in [3.8, 4) is 0 Å². The molecule has 0 aliphatic heterocycles. The molecular formula is C10H15Zr. The van der Waals surface area contributed by atoms with Gasteiger partial charge in [0.15, 0.2) is 0 Å². The average molecular weight is 226 g/mol. The van der Waals surface area contributed by atoms with E-state index in [0.29, 0.717) is 0 Å². The Hall–Kier alpha value is 0.363. The van der Waals surface area contributed by atoms with Crippen molar-refractivity contribution in [2.75, 3.05) is 0 Å². The Balaban J connectivity index is 2.25. The van der Waals surface area contributed by atoms with Gasteiger partial charge in [-0.05, 0) is 0 Å². The molecule has 0 aromatic heterocycles. The molecule has 0 unspecified atom stereocenters. The molecule has 1 heteroatoms. The summed E-state index contributed by atoms with van der Waals surface area (Å²) in [5.41, 5.74) is 1.64. The van der Waals surface area contributed by atoms with Gasteiger partial charge in [-0.2, -0.15) is 0 Å². The van der Waals surface area contributed by atoms with Crippen LogP contribution in [0.4, 0.5) is 0 Å². The van der Waals surface area contributed by atoms with Crippen molar-refractivity contribution in [1.29, 1.82) is 0 Å². The number of allylic oxidation sites excluding steroid dienone is 4. The Morgan fingerprint density at radius 3 is 2.82 bits per heavy atom. The van der Waals surface area contributed by atoms with Gasteiger partial charge in [0.1, 0.15) is 0 Å². The first-order valence-corrected chi connectivity index (χ1v) is 5.67. The monoisotopic (exact) mass is 225 g/mol. The summed E-state index contributed by atoms with van der Waals surface area (Å²) >= 11 is 1.62. The molecule has 0 fully saturated rings. The molecule has 0 spiro atoms. The van der Waals surface area contributed by atoms with E-state index >= 15 is 0 Å². The third-order valence-electron chi connectivity index (χ3n) is 2.08. The molecule has 0 saturated carbocycles. The normalized spacial score (nSPS) is 16.4. The summed E-state index contributed by atoms with van der Waals surface area (Å²) < 4.78 is 1.67. The topological polar surface area (TPSA) is 0 Å². The van der Waals surface area contributed by atoms with E-state index in [0.717, 1.165) is 0 Å². The minimum absolute atomic E-state index is 1.24. The van der Waals surface area contributed by atoms with Gasteiger partial charge in [-0.15, -0.1) is 0 Å². The SMILES string of the molecule is CCCCCC1=[C]([Zr])CC=C1. The van der Waals surface area contributed by atoms with E-state index in [9.17, 15) is 0 Å². The van der Waals surface area contributed by atoms with Crippen LogP contribution in [0.1, 0.15) is 39.0 Å². The van der Waals surface area contributed by atoms with Gasteiger partial charge in [0.25, 0.3) is 0 Å². The molecule has 59 valence electrons. The molecule has 11 heavy (non-hydrogen) atoms. The summed E-state index contributed by atoms with van der Waals surface area (Å²) in [4.78, 5) is 0. The Bertz CT molecular complexity index is 177. The Kier molecular flexibility index (Phi) is 4.37. The average Bonchev–Trinajstić information content (AvgIpc) is 2.37. The zero-order valence-corrected chi connectivity index (χ0v) is 9.65. The van der Waals surface area contributed by atoms with Gasteiger partial charge >= 0.3 is 84.8 Å². The third-order valence-corrected chi connectivity index (χ3v) is 3.37. The zero-order chi connectivity index (χ0) is 8.10. The van der Waals surface area contributed by atoms with E-state index in [2.05, 4.69) is 19.1 Å². The Morgan fingerprint density at radius 2 is 2.27 bits per heavy atom. The van der Waals surface area contributed by atoms with Gasteiger partial charge in [-0.3, -0.25) is 0 Å². The van der Waals surface area contributed by atoms with Gasteiger partial charge in [0, 0.05) is 0 Å². The molecule has 0 amide bonds. The Morgan fingerprint density at radius 1 is 1.45 bits per heavy atom. The molecule has 0 saturated heterocycles. The van der Waals surface area contributed by atoms with Crippen molar-refractivity contribution < 1.29 is 24.7 Å². The summed E-state index contributed by atoms with van der Waals surface area (Å²) in [6.07, 6.45) is 11.3. The van der Waals surface area contributed by atoms with Crippen LogP contribution in [0, 0.1) is 0 Å². The fourth-order valence-corrected chi connectivity index (χ4v) is 2.15. The van der Waals surface area contributed by atoms with Crippen LogP contribution in [0.25, 0.3) is 0 Å². The molecule has 0 aromatic rings.